The van der Waals surface area contributed by atoms with E-state index in [0.717, 1.165) is 12.8 Å². The van der Waals surface area contributed by atoms with E-state index in [0.29, 0.717) is 0 Å². The molecule has 0 heterocycles. The van der Waals surface area contributed by atoms with E-state index in [1.54, 1.807) is 0 Å². The summed E-state index contributed by atoms with van der Waals surface area (Å²) >= 11 is 4.23. The van der Waals surface area contributed by atoms with Crippen LogP contribution in [0.1, 0.15) is 61.3 Å². The summed E-state index contributed by atoms with van der Waals surface area (Å²) < 4.78 is 18.8. The number of halogens is 1. The van der Waals surface area contributed by atoms with Crippen molar-refractivity contribution < 1.29 is 8.76 Å². The van der Waals surface area contributed by atoms with Crippen LogP contribution < -0.4 is 0 Å². The van der Waals surface area contributed by atoms with Gasteiger partial charge in [0.15, 0.2) is 0 Å². The summed E-state index contributed by atoms with van der Waals surface area (Å²) in [7, 11) is -2.85. The molecule has 0 spiro atoms. The molecular weight excluding hydrogens is 396 g/mol. The summed E-state index contributed by atoms with van der Waals surface area (Å²) in [4.78, 5) is 4.75. The molecule has 0 bridgehead atoms. The molecule has 0 aliphatic rings. The van der Waals surface area contributed by atoms with E-state index in [2.05, 4.69) is 62.5 Å². The average molecular weight is 438 g/mol. The highest BCUT2D eigenvalue weighted by molar-refractivity contribution is 8.93. The third-order valence-electron chi connectivity index (χ3n) is 3.44. The smallest absolute Gasteiger partial charge is 0.141 e. The van der Waals surface area contributed by atoms with Crippen LogP contribution >= 0.6 is 17.0 Å². The van der Waals surface area contributed by atoms with Crippen LogP contribution in [0, 0.1) is 0 Å². The lowest BCUT2D eigenvalue weighted by atomic mass is 10.4. The zero-order valence-electron chi connectivity index (χ0n) is 16.3. The Hall–Kier alpha value is 0.730. The zero-order chi connectivity index (χ0) is 18.0. The molecule has 0 rings (SSSR count). The highest BCUT2D eigenvalue weighted by atomic mass is 79.9. The van der Waals surface area contributed by atoms with Gasteiger partial charge < -0.3 is 14.4 Å². The van der Waals surface area contributed by atoms with E-state index in [9.17, 15) is 4.21 Å². The molecule has 0 fully saturated rings. The molecule has 0 saturated carbocycles. The molecule has 23 heavy (non-hydrogen) atoms. The van der Waals surface area contributed by atoms with E-state index in [1.807, 2.05) is 6.92 Å². The second-order valence-corrected chi connectivity index (χ2v) is 8.01. The largest absolute Gasteiger partial charge is 0.306 e. The van der Waals surface area contributed by atoms with Crippen molar-refractivity contribution >= 4 is 36.9 Å². The first kappa shape index (κ1) is 31.5. The van der Waals surface area contributed by atoms with Gasteiger partial charge in [-0.2, -0.15) is 0 Å². The van der Waals surface area contributed by atoms with Crippen LogP contribution in [0.4, 0.5) is 0 Å². The van der Waals surface area contributed by atoms with Crippen LogP contribution in [0.2, 0.25) is 0 Å². The van der Waals surface area contributed by atoms with Crippen molar-refractivity contribution in [2.75, 3.05) is 45.0 Å². The highest BCUT2D eigenvalue weighted by Gasteiger charge is 1.95. The fourth-order valence-electron chi connectivity index (χ4n) is 1.67. The van der Waals surface area contributed by atoms with E-state index in [-0.39, 0.29) is 22.7 Å². The normalized spacial score (nSPS) is 12.4. The number of nitrogens with zero attached hydrogens (tertiary/aromatic N) is 2. The predicted octanol–water partition coefficient (Wildman–Crippen LogP) is 4.28. The molecule has 1 atom stereocenters. The summed E-state index contributed by atoms with van der Waals surface area (Å²) in [6, 6.07) is 0. The zero-order valence-corrected chi connectivity index (χ0v) is 19.7. The Bertz CT molecular complexity index is 271. The van der Waals surface area contributed by atoms with Crippen molar-refractivity contribution in [1.29, 1.82) is 0 Å². The number of hydrogen-bond donors (Lipinski definition) is 1. The molecule has 146 valence electrons. The van der Waals surface area contributed by atoms with Crippen LogP contribution in [0.15, 0.2) is 0 Å². The minimum atomic E-state index is -2.85. The van der Waals surface area contributed by atoms with E-state index in [1.165, 1.54) is 39.3 Å². The lowest BCUT2D eigenvalue weighted by Crippen LogP contribution is -2.21. The Balaban J connectivity index is -0.000000116. The maximum absolute atomic E-state index is 10.3. The molecule has 0 aromatic carbocycles. The first-order valence-corrected chi connectivity index (χ1v) is 11.3. The van der Waals surface area contributed by atoms with E-state index < -0.39 is 8.77 Å². The van der Waals surface area contributed by atoms with Gasteiger partial charge in [0.1, 0.15) is 8.77 Å². The SMILES string of the molecule is Br.CCCCS(=O)(O)=S.CCN(CC)CC.CCN(CC)CC. The summed E-state index contributed by atoms with van der Waals surface area (Å²) in [6.45, 7) is 22.2. The second-order valence-electron chi connectivity index (χ2n) is 4.88. The molecule has 0 aliphatic heterocycles. The Morgan fingerprint density at radius 2 is 1.04 bits per heavy atom. The van der Waals surface area contributed by atoms with E-state index >= 15 is 0 Å². The molecule has 1 unspecified atom stereocenters. The van der Waals surface area contributed by atoms with Gasteiger partial charge in [0.05, 0.1) is 0 Å². The van der Waals surface area contributed by atoms with Crippen LogP contribution in [0.5, 0.6) is 0 Å². The summed E-state index contributed by atoms with van der Waals surface area (Å²) in [5, 5.41) is 0. The number of rotatable bonds is 9. The molecule has 0 amide bonds. The highest BCUT2D eigenvalue weighted by Crippen LogP contribution is 1.91. The minimum absolute atomic E-state index is 0. The van der Waals surface area contributed by atoms with Crippen LogP contribution in [-0.2, 0) is 20.0 Å². The Labute approximate surface area is 161 Å². The quantitative estimate of drug-likeness (QED) is 0.583. The van der Waals surface area contributed by atoms with Gasteiger partial charge in [0, 0.05) is 16.9 Å². The fourth-order valence-corrected chi connectivity index (χ4v) is 2.68. The Morgan fingerprint density at radius 1 is 0.783 bits per heavy atom. The molecule has 0 aromatic heterocycles. The van der Waals surface area contributed by atoms with Crippen molar-refractivity contribution in [1.82, 2.24) is 9.80 Å². The minimum Gasteiger partial charge on any atom is -0.306 e. The van der Waals surface area contributed by atoms with Crippen LogP contribution in [-0.4, -0.2) is 63.6 Å². The third kappa shape index (κ3) is 31.1. The van der Waals surface area contributed by atoms with Crippen molar-refractivity contribution in [3.63, 3.8) is 0 Å². The molecule has 4 nitrogen and oxygen atoms in total. The van der Waals surface area contributed by atoms with Crippen molar-refractivity contribution in [2.45, 2.75) is 61.3 Å². The summed E-state index contributed by atoms with van der Waals surface area (Å²) in [6.07, 6.45) is 1.67. The molecular formula is C16H41BrN2O2S2. The van der Waals surface area contributed by atoms with Gasteiger partial charge >= 0.3 is 0 Å². The maximum Gasteiger partial charge on any atom is 0.141 e. The molecule has 7 heteroatoms. The lowest BCUT2D eigenvalue weighted by molar-refractivity contribution is 0.321. The Morgan fingerprint density at radius 3 is 1.09 bits per heavy atom. The third-order valence-corrected chi connectivity index (χ3v) is 4.74. The number of hydrogen-bond acceptors (Lipinski definition) is 4. The molecule has 0 radical (unpaired) electrons. The molecule has 0 aliphatic carbocycles. The summed E-state index contributed by atoms with van der Waals surface area (Å²) in [5.41, 5.74) is 0. The first-order valence-electron chi connectivity index (χ1n) is 8.65. The molecule has 0 aromatic rings. The van der Waals surface area contributed by atoms with Crippen molar-refractivity contribution in [2.24, 2.45) is 0 Å². The topological polar surface area (TPSA) is 43.8 Å². The van der Waals surface area contributed by atoms with Gasteiger partial charge in [-0.15, -0.1) is 17.0 Å². The van der Waals surface area contributed by atoms with E-state index in [4.69, 9.17) is 4.55 Å². The van der Waals surface area contributed by atoms with Crippen LogP contribution in [0.25, 0.3) is 0 Å². The van der Waals surface area contributed by atoms with Gasteiger partial charge in [-0.1, -0.05) is 54.9 Å². The second kappa shape index (κ2) is 22.7. The lowest BCUT2D eigenvalue weighted by Gasteiger charge is -2.13. The van der Waals surface area contributed by atoms with Crippen molar-refractivity contribution in [3.05, 3.63) is 0 Å². The van der Waals surface area contributed by atoms with Gasteiger partial charge in [0.2, 0.25) is 0 Å². The van der Waals surface area contributed by atoms with Crippen molar-refractivity contribution in [3.8, 4) is 0 Å². The van der Waals surface area contributed by atoms with Gasteiger partial charge in [-0.3, -0.25) is 0 Å². The monoisotopic (exact) mass is 436 g/mol. The van der Waals surface area contributed by atoms with Gasteiger partial charge in [-0.05, 0) is 45.7 Å². The van der Waals surface area contributed by atoms with Crippen LogP contribution in [0.3, 0.4) is 0 Å². The first-order chi connectivity index (χ1) is 10.3. The summed E-state index contributed by atoms with van der Waals surface area (Å²) in [5.74, 6) is 0.263. The molecule has 1 N–H and O–H groups in total. The average Bonchev–Trinajstić information content (AvgIpc) is 2.49. The fraction of sp³-hybridized carbons (Fsp3) is 1.00. The number of unbranched alkanes of at least 4 members (excludes halogenated alkanes) is 1. The molecule has 0 saturated heterocycles. The van der Waals surface area contributed by atoms with Gasteiger partial charge in [-0.25, -0.2) is 4.21 Å². The van der Waals surface area contributed by atoms with Gasteiger partial charge in [0.25, 0.3) is 0 Å². The predicted molar refractivity (Wildman–Crippen MR) is 115 cm³/mol. The maximum atomic E-state index is 10.3. The standard InChI is InChI=1S/2C6H15N.C4H10O2S2.BrH/c2*1-4-7(5-2)6-3;1-2-3-4-8(5,6)7;/h2*4-6H2,1-3H3;2-4H2,1H3,(H,5,6,7);1H. The Kier molecular flexibility index (Phi) is 31.1.